The number of alkyl halides is 2. The quantitative estimate of drug-likeness (QED) is 0.00492. The van der Waals surface area contributed by atoms with Crippen LogP contribution in [0.15, 0.2) is 193 Å². The molecule has 0 saturated heterocycles. The van der Waals surface area contributed by atoms with E-state index in [9.17, 15) is 102 Å². The van der Waals surface area contributed by atoms with Crippen molar-refractivity contribution < 1.29 is 180 Å². The predicted octanol–water partition coefficient (Wildman–Crippen LogP) is 11.5. The first-order valence-corrected chi connectivity index (χ1v) is 38.4. The van der Waals surface area contributed by atoms with Crippen LogP contribution in [0.5, 0.6) is 51.7 Å². The topological polar surface area (TPSA) is 709 Å². The molecule has 12 aromatic rings. The second-order valence-electron chi connectivity index (χ2n) is 23.8. The van der Waals surface area contributed by atoms with Crippen LogP contribution in [0.3, 0.4) is 0 Å². The molecule has 0 aliphatic rings. The number of halogens is 8. The van der Waals surface area contributed by atoms with Gasteiger partial charge in [0.05, 0.1) is 66.4 Å². The fourth-order valence-corrected chi connectivity index (χ4v) is 9.86. The van der Waals surface area contributed by atoms with Crippen molar-refractivity contribution in [2.45, 2.75) is 6.42 Å². The van der Waals surface area contributed by atoms with Gasteiger partial charge in [-0.25, -0.2) is 57.5 Å². The Labute approximate surface area is 773 Å². The maximum atomic E-state index is 12.2. The van der Waals surface area contributed by atoms with E-state index < -0.39 is 124 Å². The van der Waals surface area contributed by atoms with Gasteiger partial charge in [0.1, 0.15) is 147 Å². The van der Waals surface area contributed by atoms with Crippen LogP contribution in [0, 0.1) is 0 Å². The van der Waals surface area contributed by atoms with Gasteiger partial charge in [-0.05, 0) is 78.9 Å². The van der Waals surface area contributed by atoms with Crippen LogP contribution in [0.2, 0.25) is 30.1 Å². The number of aliphatic hydroxyl groups excluding tert-OH is 3. The standard InChI is InChI=1S/C22H12Cl2O10.C15H11ClO7.2C10H5ClO5.C7H5ClO3.C7H6O3.C5H8O3.C3H4O4.C2H6O2.CH2Cl2/c23-13-5-9-3-11(21(29)33-17(9)7-15(13)25)19(27)31-1-2-32-20(28)12-4-10-6-14(24)16(26)8-18(10)34-22(12)30;1-2-13(18)21-3-4-22-14(19)9-5-8-6-10(16)11(17)7-12(8)23-15(9)20;2*11-6-2-4-1-5(9(13)14)10(15)16-8(4)3-7(6)12;8-5-1-4(3-9)6(10)2-7(5)11;8-4-5-1-2-6(9)3-7(5)10;1-2-5(7)8-4-3-6;4-2(5)1-3(6)7;3-1-2-4;2-1-3/h3-8,25-26H,1-2H2;2,5-7,17H,1,3-4H2;2*1-3,12H,(H,13,14);1-3,10-11H;1-4,9-10H;2,6H,1,3-4H2;1H2,(H,4,5)(H,6,7);3-4H,1-2H2;1H2. The lowest BCUT2D eigenvalue weighted by atomic mass is 10.2. The molecule has 5 heterocycles. The number of aromatic hydroxyl groups is 9. The van der Waals surface area contributed by atoms with E-state index in [-0.39, 0.29) is 182 Å². The Kier molecular flexibility index (Phi) is 46.4. The van der Waals surface area contributed by atoms with Gasteiger partial charge in [-0.1, -0.05) is 82.8 Å². The van der Waals surface area contributed by atoms with Crippen molar-refractivity contribution in [2.24, 2.45) is 0 Å². The van der Waals surface area contributed by atoms with E-state index in [0.29, 0.717) is 28.7 Å². The molecule has 5 aromatic heterocycles. The van der Waals surface area contributed by atoms with E-state index in [2.05, 4.69) is 22.6 Å². The summed E-state index contributed by atoms with van der Waals surface area (Å²) in [6.45, 7) is 4.76. The number of hydrogen-bond donors (Lipinski definition) is 16. The lowest BCUT2D eigenvalue weighted by Gasteiger charge is -2.07. The number of aliphatic carboxylic acids is 2. The molecule has 0 radical (unpaired) electrons. The molecule has 0 spiro atoms. The van der Waals surface area contributed by atoms with Crippen LogP contribution < -0.4 is 28.1 Å². The third-order valence-corrected chi connectivity index (χ3v) is 16.5. The Bertz CT molecular complexity index is 6350. The average Bonchev–Trinajstić information content (AvgIpc) is 0.818. The summed E-state index contributed by atoms with van der Waals surface area (Å²) in [5.41, 5.74) is -6.52. The minimum Gasteiger partial charge on any atom is -0.508 e. The second-order valence-corrected chi connectivity index (χ2v) is 27.0. The van der Waals surface area contributed by atoms with Crippen molar-refractivity contribution in [3.8, 4) is 51.7 Å². The average molecular weight is 2000 g/mol. The number of phenolic OH excluding ortho intramolecular Hbond substituents is 9. The number of aromatic carboxylic acids is 2. The Hall–Kier alpha value is -15.0. The molecule has 42 nitrogen and oxygen atoms in total. The summed E-state index contributed by atoms with van der Waals surface area (Å²) in [6, 6.07) is 24.3. The van der Waals surface area contributed by atoms with Crippen LogP contribution in [0.4, 0.5) is 0 Å². The molecule has 0 amide bonds. The molecule has 0 fully saturated rings. The monoisotopic (exact) mass is 2000 g/mol. The molecule has 12 rings (SSSR count). The molecule has 700 valence electrons. The predicted molar refractivity (Wildman–Crippen MR) is 466 cm³/mol. The normalized spacial score (nSPS) is 9.96. The third kappa shape index (κ3) is 35.6. The number of esters is 5. The number of aliphatic hydroxyl groups is 3. The molecule has 0 bridgehead atoms. The first-order valence-electron chi connectivity index (χ1n) is 35.1. The number of benzene rings is 7. The number of phenols is 9. The molecule has 0 aliphatic heterocycles. The Morgan fingerprint density at radius 3 is 0.811 bits per heavy atom. The van der Waals surface area contributed by atoms with Crippen molar-refractivity contribution in [3.63, 3.8) is 0 Å². The summed E-state index contributed by atoms with van der Waals surface area (Å²) in [4.78, 5) is 176. The molecular formula is C82H64Cl8O42. The van der Waals surface area contributed by atoms with Crippen molar-refractivity contribution in [1.82, 2.24) is 0 Å². The van der Waals surface area contributed by atoms with Crippen LogP contribution in [-0.4, -0.2) is 206 Å². The second kappa shape index (κ2) is 55.0. The minimum absolute atomic E-state index is 0.00943. The molecular weight excluding hydrogens is 1940 g/mol. The zero-order chi connectivity index (χ0) is 99.7. The Balaban J connectivity index is 0.000000404. The minimum atomic E-state index is -1.38. The van der Waals surface area contributed by atoms with Gasteiger partial charge < -0.3 is 127 Å². The summed E-state index contributed by atoms with van der Waals surface area (Å²) in [5, 5.41) is 141. The van der Waals surface area contributed by atoms with Crippen LogP contribution in [-0.2, 0) is 42.9 Å². The summed E-state index contributed by atoms with van der Waals surface area (Å²) < 4.78 is 48.0. The number of ether oxygens (including phenoxy) is 5. The molecule has 16 N–H and O–H groups in total. The van der Waals surface area contributed by atoms with Gasteiger partial charge in [-0.3, -0.25) is 19.2 Å². The maximum Gasteiger partial charge on any atom is 0.351 e. The van der Waals surface area contributed by atoms with E-state index in [4.69, 9.17) is 185 Å². The van der Waals surface area contributed by atoms with Gasteiger partial charge in [0, 0.05) is 81.5 Å². The van der Waals surface area contributed by atoms with Crippen molar-refractivity contribution in [1.29, 1.82) is 0 Å². The van der Waals surface area contributed by atoms with Crippen molar-refractivity contribution in [2.75, 3.05) is 58.2 Å². The Morgan fingerprint density at radius 1 is 0.318 bits per heavy atom. The highest BCUT2D eigenvalue weighted by atomic mass is 35.5. The molecule has 0 aliphatic carbocycles. The van der Waals surface area contributed by atoms with Gasteiger partial charge in [-0.2, -0.15) is 0 Å². The highest BCUT2D eigenvalue weighted by Crippen LogP contribution is 2.35. The van der Waals surface area contributed by atoms with Crippen molar-refractivity contribution in [3.05, 3.63) is 268 Å². The molecule has 7 aromatic carbocycles. The maximum absolute atomic E-state index is 12.2. The zero-order valence-electron chi connectivity index (χ0n) is 66.1. The zero-order valence-corrected chi connectivity index (χ0v) is 72.2. The number of carbonyl (C=O) groups is 11. The molecule has 50 heteroatoms. The third-order valence-electron chi connectivity index (χ3n) is 14.7. The summed E-state index contributed by atoms with van der Waals surface area (Å²) in [6.07, 6.45) is 2.20. The number of fused-ring (bicyclic) bond motifs is 5. The fourth-order valence-electron chi connectivity index (χ4n) is 8.83. The van der Waals surface area contributed by atoms with E-state index in [1.165, 1.54) is 72.8 Å². The van der Waals surface area contributed by atoms with Crippen LogP contribution >= 0.6 is 92.8 Å². The number of carbonyl (C=O) groups excluding carboxylic acids is 7. The highest BCUT2D eigenvalue weighted by Gasteiger charge is 2.23. The first kappa shape index (κ1) is 111. The number of carboxylic acid groups (broad SMARTS) is 4. The lowest BCUT2D eigenvalue weighted by molar-refractivity contribution is -0.147. The molecule has 0 atom stereocenters. The molecule has 0 unspecified atom stereocenters. The number of carboxylic acids is 4. The lowest BCUT2D eigenvalue weighted by Crippen LogP contribution is -2.21. The van der Waals surface area contributed by atoms with E-state index >= 15 is 0 Å². The van der Waals surface area contributed by atoms with E-state index in [1.54, 1.807) is 0 Å². The summed E-state index contributed by atoms with van der Waals surface area (Å²) in [5.74, 6) is -11.6. The van der Waals surface area contributed by atoms with Crippen LogP contribution in [0.25, 0.3) is 54.8 Å². The largest absolute Gasteiger partial charge is 0.508 e. The molecule has 0 saturated carbocycles. The van der Waals surface area contributed by atoms with Gasteiger partial charge in [0.2, 0.25) is 0 Å². The summed E-state index contributed by atoms with van der Waals surface area (Å²) in [7, 11) is 0. The summed E-state index contributed by atoms with van der Waals surface area (Å²) >= 11 is 43.7. The van der Waals surface area contributed by atoms with Gasteiger partial charge in [0.25, 0.3) is 0 Å². The molecule has 132 heavy (non-hydrogen) atoms. The number of rotatable bonds is 20. The smallest absolute Gasteiger partial charge is 0.351 e. The van der Waals surface area contributed by atoms with Crippen molar-refractivity contribution >= 4 is 214 Å². The van der Waals surface area contributed by atoms with E-state index in [0.717, 1.165) is 60.7 Å². The fraction of sp³-hybridized carbons (Fsp3) is 0.122. The number of hydrogen-bond acceptors (Lipinski definition) is 38. The first-order chi connectivity index (χ1) is 62.2. The Morgan fingerprint density at radius 2 is 0.568 bits per heavy atom. The SMILES string of the molecule is C=CC(=O)OCCO.C=CC(=O)OCCOC(=O)c1cc2cc(Cl)c(O)cc2oc1=O.ClCCl.O=C(O)CC(=O)O.O=C(O)c1cc2cc(Cl)c(O)cc2oc1=O.O=C(O)c1cc2cc(Cl)c(O)cc2oc1=O.O=C(OCCOC(=O)c1cc2cc(Cl)c(O)cc2oc1=O)c1cc2cc(Cl)c(O)cc2oc1=O.O=Cc1cc(Cl)c(O)cc1O.O=Cc1ccc(O)cc1O.OCCO. The number of aldehydes is 2. The van der Waals surface area contributed by atoms with Gasteiger partial charge >= 0.3 is 81.9 Å². The van der Waals surface area contributed by atoms with Crippen LogP contribution in [0.1, 0.15) is 78.9 Å². The van der Waals surface area contributed by atoms with E-state index in [1.807, 2.05) is 0 Å². The highest BCUT2D eigenvalue weighted by molar-refractivity contribution is 6.40. The van der Waals surface area contributed by atoms with Gasteiger partial charge in [-0.15, -0.1) is 23.2 Å². The van der Waals surface area contributed by atoms with Gasteiger partial charge in [0.15, 0.2) is 12.6 Å².